The van der Waals surface area contributed by atoms with E-state index >= 15 is 0 Å². The van der Waals surface area contributed by atoms with Gasteiger partial charge in [-0.1, -0.05) is 207 Å². The fraction of sp³-hybridized carbons (Fsp3) is 0.280. The van der Waals surface area contributed by atoms with Gasteiger partial charge in [-0.05, 0) is 180 Å². The van der Waals surface area contributed by atoms with Crippen molar-refractivity contribution in [3.05, 3.63) is 450 Å². The van der Waals surface area contributed by atoms with E-state index in [2.05, 4.69) is 334 Å². The van der Waals surface area contributed by atoms with E-state index in [4.69, 9.17) is 39.2 Å². The van der Waals surface area contributed by atoms with E-state index in [0.717, 1.165) is 241 Å². The van der Waals surface area contributed by atoms with Gasteiger partial charge in [-0.25, -0.2) is 34.9 Å². The number of methoxy groups -OCH3 is 2. The number of rotatable bonds is 20. The molecule has 0 amide bonds. The molecule has 0 unspecified atom stereocenters. The smallest absolute Gasteiger partial charge is 0.129 e. The van der Waals surface area contributed by atoms with Crippen molar-refractivity contribution in [3.63, 3.8) is 0 Å². The fourth-order valence-corrected chi connectivity index (χ4v) is 21.1. The Morgan fingerprint density at radius 2 is 0.510 bits per heavy atom. The van der Waals surface area contributed by atoms with Crippen LogP contribution < -0.4 is 34.7 Å². The third-order valence-electron chi connectivity index (χ3n) is 29.1. The Balaban J connectivity index is 0.000000102. The van der Waals surface area contributed by atoms with Crippen molar-refractivity contribution in [1.82, 2.24) is 34.9 Å². The number of hydrogen-bond donors (Lipinski definition) is 1. The highest BCUT2D eigenvalue weighted by molar-refractivity contribution is 6.20. The molecular weight excluding hydrogens is 1840 g/mol. The van der Waals surface area contributed by atoms with E-state index in [1.165, 1.54) is 163 Å². The Morgan fingerprint density at radius 3 is 0.819 bits per heavy atom. The molecule has 0 aliphatic carbocycles. The Morgan fingerprint density at radius 1 is 0.262 bits per heavy atom. The van der Waals surface area contributed by atoms with Crippen LogP contribution in [0.15, 0.2) is 357 Å². The Labute approximate surface area is 874 Å². The molecule has 8 aromatic carbocycles. The maximum Gasteiger partial charge on any atom is 0.129 e. The lowest BCUT2D eigenvalue weighted by atomic mass is 10.0. The first-order chi connectivity index (χ1) is 73.7. The zero-order valence-electron chi connectivity index (χ0n) is 85.4. The lowest BCUT2D eigenvalue weighted by molar-refractivity contribution is 0.122. The van der Waals surface area contributed by atoms with Crippen LogP contribution in [-0.2, 0) is 73.1 Å². The standard InChI is InChI=1S/C21H17N3.C19H21N3.C18H19N3.C17H17N3O.C17H19N3O.C17H17N3.C16H17N3O/c1-2-7-18-14-24(13-17(18)6-1)20-11-15(9-10-22-20)21-19-8-4-3-5-16(19)12-23-21;1-2-6-12-22(11-5-1)18-13-15(9-10-20-18)19-17-8-4-3-7-16(17)14-21-19;1-4-10-21(11-5-1)17-12-14(8-9-19-17)18-16-7-3-2-6-15(16)13-20-18;1-2-4-15-14(3-1)12-19-17(15)13-5-6-18-16(11-13)20-7-9-21-10-8-20;1-20(9-10-21-2)16-11-13(7-8-18-16)17-15-6-4-3-5-14(15)12-19-17;1-2-6-15-14(5-1)12-19-17(15)13-7-8-18-16(11-13)20-9-3-4-10-20;1-20-9-8-18-15-10-12(6-7-17-15)16-14-5-3-2-4-13(14)11-19-16/h1-11H,12-14H2;3-4,7-10,13H,1-2,5-6,11-12,14H2;2-3,6-9,12H,1,4-5,10-11,13H2;1-6,11H,7-10,12H2;3-8,11H,9-10,12H2,1-2H3;1-2,5-8,11H,3-4,9-10,12H2;2-7,10H,8-9,11H2,1H3,(H,17,18). The second-order valence-corrected chi connectivity index (χ2v) is 38.8. The maximum absolute atomic E-state index is 5.40. The van der Waals surface area contributed by atoms with Crippen molar-refractivity contribution < 1.29 is 14.2 Å². The van der Waals surface area contributed by atoms with Crippen LogP contribution in [0.1, 0.15) is 186 Å². The highest BCUT2D eigenvalue weighted by Gasteiger charge is 2.29. The van der Waals surface area contributed by atoms with Crippen molar-refractivity contribution in [1.29, 1.82) is 0 Å². The van der Waals surface area contributed by atoms with Gasteiger partial charge in [0.15, 0.2) is 0 Å². The van der Waals surface area contributed by atoms with Gasteiger partial charge in [-0.2, -0.15) is 0 Å². The minimum atomic E-state index is 0.662. The van der Waals surface area contributed by atoms with Crippen molar-refractivity contribution in [3.8, 4) is 0 Å². The third kappa shape index (κ3) is 23.8. The molecule has 7 aromatic heterocycles. The number of likely N-dealkylation sites (N-methyl/N-ethyl adjacent to an activating group) is 1. The van der Waals surface area contributed by atoms with Crippen molar-refractivity contribution in [2.75, 3.05) is 148 Å². The number of ether oxygens (including phenoxy) is 3. The van der Waals surface area contributed by atoms with Crippen LogP contribution in [0.25, 0.3) is 0 Å². The van der Waals surface area contributed by atoms with Gasteiger partial charge < -0.3 is 48.9 Å². The minimum Gasteiger partial charge on any atom is -0.383 e. The molecule has 12 aliphatic heterocycles. The zero-order chi connectivity index (χ0) is 101. The molecule has 27 rings (SSSR count). The number of aromatic nitrogens is 7. The van der Waals surface area contributed by atoms with Gasteiger partial charge in [0.2, 0.25) is 0 Å². The number of nitrogens with one attached hydrogen (secondary N) is 1. The van der Waals surface area contributed by atoms with Gasteiger partial charge in [0.25, 0.3) is 0 Å². The van der Waals surface area contributed by atoms with E-state index in [0.29, 0.717) is 13.2 Å². The Kier molecular flexibility index (Phi) is 32.2. The molecule has 1 N–H and O–H groups in total. The molecule has 4 fully saturated rings. The molecule has 19 heterocycles. The van der Waals surface area contributed by atoms with Gasteiger partial charge in [0.05, 0.1) is 112 Å². The summed E-state index contributed by atoms with van der Waals surface area (Å²) in [6.07, 6.45) is 24.9. The number of nitrogens with zero attached hydrogens (tertiary/aromatic N) is 20. The predicted octanol–water partition coefficient (Wildman–Crippen LogP) is 21.5. The normalized spacial score (nSPS) is 15.9. The first-order valence-electron chi connectivity index (χ1n) is 52.7. The molecule has 0 radical (unpaired) electrons. The maximum atomic E-state index is 5.40. The Bertz CT molecular complexity index is 7300. The van der Waals surface area contributed by atoms with Gasteiger partial charge in [0, 0.05) is 221 Å². The number of aliphatic imine (C=N–C) groups is 7. The highest BCUT2D eigenvalue weighted by atomic mass is 16.5. The van der Waals surface area contributed by atoms with E-state index in [1.54, 1.807) is 14.2 Å². The lowest BCUT2D eigenvalue weighted by Crippen LogP contribution is -2.36. The van der Waals surface area contributed by atoms with Crippen LogP contribution >= 0.6 is 0 Å². The van der Waals surface area contributed by atoms with Crippen LogP contribution in [0.3, 0.4) is 0 Å². The molecule has 0 bridgehead atoms. The van der Waals surface area contributed by atoms with Gasteiger partial charge in [-0.3, -0.25) is 34.9 Å². The number of hydrogen-bond acceptors (Lipinski definition) is 24. The van der Waals surface area contributed by atoms with Crippen LogP contribution in [0, 0.1) is 0 Å². The molecule has 15 aromatic rings. The summed E-state index contributed by atoms with van der Waals surface area (Å²) in [6.45, 7) is 20.3. The molecule has 750 valence electrons. The largest absolute Gasteiger partial charge is 0.383 e. The number of morpholine rings is 1. The predicted molar refractivity (Wildman–Crippen MR) is 603 cm³/mol. The monoisotopic (exact) mass is 1970 g/mol. The van der Waals surface area contributed by atoms with E-state index in [1.807, 2.05) is 74.7 Å². The summed E-state index contributed by atoms with van der Waals surface area (Å²) in [5, 5.41) is 3.24. The van der Waals surface area contributed by atoms with E-state index < -0.39 is 0 Å². The second kappa shape index (κ2) is 48.5. The number of fused-ring (bicyclic) bond motifs is 8. The third-order valence-corrected chi connectivity index (χ3v) is 29.1. The molecule has 24 heteroatoms. The fourth-order valence-electron chi connectivity index (χ4n) is 21.1. The van der Waals surface area contributed by atoms with Crippen LogP contribution in [0.4, 0.5) is 40.7 Å². The Hall–Kier alpha value is -16.0. The number of pyridine rings is 7. The number of benzene rings is 8. The van der Waals surface area contributed by atoms with Crippen molar-refractivity contribution in [2.24, 2.45) is 34.9 Å². The van der Waals surface area contributed by atoms with Crippen molar-refractivity contribution >= 4 is 80.7 Å². The summed E-state index contributed by atoms with van der Waals surface area (Å²) in [4.78, 5) is 78.4. The molecule has 4 saturated heterocycles. The van der Waals surface area contributed by atoms with Crippen LogP contribution in [-0.4, -0.2) is 188 Å². The first kappa shape index (κ1) is 99.0. The summed E-state index contributed by atoms with van der Waals surface area (Å²) in [7, 11) is 5.42. The highest BCUT2D eigenvalue weighted by Crippen LogP contribution is 2.36. The minimum absolute atomic E-state index is 0.662. The summed E-state index contributed by atoms with van der Waals surface area (Å²) < 4.78 is 15.5. The summed E-state index contributed by atoms with van der Waals surface area (Å²) >= 11 is 0. The average Bonchev–Trinajstić information content (AvgIpc) is 1.75. The molecule has 149 heavy (non-hydrogen) atoms. The van der Waals surface area contributed by atoms with Gasteiger partial charge in [0.1, 0.15) is 40.7 Å². The quantitative estimate of drug-likeness (QED) is 0.0698. The molecule has 0 spiro atoms. The molecule has 0 saturated carbocycles. The number of anilines is 7. The second-order valence-electron chi connectivity index (χ2n) is 38.8. The van der Waals surface area contributed by atoms with E-state index in [-0.39, 0.29) is 0 Å². The van der Waals surface area contributed by atoms with Crippen molar-refractivity contribution in [2.45, 2.75) is 117 Å². The molecule has 0 atom stereocenters. The van der Waals surface area contributed by atoms with Gasteiger partial charge in [-0.15, -0.1) is 0 Å². The summed E-state index contributed by atoms with van der Waals surface area (Å²) in [5.41, 5.74) is 36.4. The van der Waals surface area contributed by atoms with E-state index in [9.17, 15) is 0 Å². The average molecular weight is 1970 g/mol. The summed E-state index contributed by atoms with van der Waals surface area (Å²) in [6, 6.07) is 97.3. The first-order valence-corrected chi connectivity index (χ1v) is 52.7. The topological polar surface area (TPSA) is 236 Å². The number of piperidine rings is 1. The molecular formula is C125H127N21O3. The summed E-state index contributed by atoms with van der Waals surface area (Å²) in [5.74, 6) is 7.12. The lowest BCUT2D eigenvalue weighted by Gasteiger charge is -2.28. The van der Waals surface area contributed by atoms with Crippen LogP contribution in [0.2, 0.25) is 0 Å². The van der Waals surface area contributed by atoms with Gasteiger partial charge >= 0.3 is 0 Å². The molecule has 12 aliphatic rings. The zero-order valence-corrected chi connectivity index (χ0v) is 85.4. The molecule has 24 nitrogen and oxygen atoms in total. The SMILES string of the molecule is COCCN(C)c1cc(C2=NCc3ccccc32)ccn1.COCCNc1cc(C2=NCc3ccccc32)ccn1.c1ccc2c(c1)CN(c1cc(C3=NCc4ccccc43)ccn1)C2.c1ccc2c(c1)CN=C2c1ccnc(N2CCCC2)c1.c1ccc2c(c1)CN=C2c1ccnc(N2CCCCC2)c1.c1ccc2c(c1)CN=C2c1ccnc(N2CCCCCC2)c1.c1ccc2c(c1)CN=C2c1ccnc(N2CCOCC2)c1. The van der Waals surface area contributed by atoms with Crippen LogP contribution in [0.5, 0.6) is 0 Å².